The maximum Gasteiger partial charge on any atom is 0.191 e. The van der Waals surface area contributed by atoms with Crippen molar-refractivity contribution in [3.8, 4) is 11.5 Å². The molecule has 0 spiro atoms. The fourth-order valence-corrected chi connectivity index (χ4v) is 3.47. The number of rotatable bonds is 7. The number of hydrogen-bond donors (Lipinski definition) is 2. The Balaban J connectivity index is 1.94. The van der Waals surface area contributed by atoms with Crippen LogP contribution in [-0.2, 0) is 11.3 Å². The monoisotopic (exact) mass is 442 g/mol. The molecule has 152 valence electrons. The van der Waals surface area contributed by atoms with Crippen molar-refractivity contribution in [2.75, 3.05) is 54.1 Å². The molecule has 0 amide bonds. The van der Waals surface area contributed by atoms with Gasteiger partial charge in [0.15, 0.2) is 17.5 Å². The van der Waals surface area contributed by atoms with E-state index in [1.54, 1.807) is 21.3 Å². The van der Waals surface area contributed by atoms with E-state index in [4.69, 9.17) is 14.2 Å². The largest absolute Gasteiger partial charge is 0.493 e. The lowest BCUT2D eigenvalue weighted by atomic mass is 10.0. The van der Waals surface area contributed by atoms with Gasteiger partial charge in [0.1, 0.15) is 0 Å². The van der Waals surface area contributed by atoms with Gasteiger partial charge < -0.3 is 24.8 Å². The highest BCUT2D eigenvalue weighted by Crippen LogP contribution is 2.33. The first kappa shape index (κ1) is 21.8. The molecule has 27 heavy (non-hydrogen) atoms. The van der Waals surface area contributed by atoms with E-state index < -0.39 is 0 Å². The minimum atomic E-state index is 0.0192. The third-order valence-corrected chi connectivity index (χ3v) is 5.52. The molecule has 1 saturated heterocycles. The lowest BCUT2D eigenvalue weighted by Crippen LogP contribution is -2.56. The zero-order valence-electron chi connectivity index (χ0n) is 16.9. The minimum absolute atomic E-state index is 0.0192. The van der Waals surface area contributed by atoms with Crippen LogP contribution in [0.25, 0.3) is 0 Å². The van der Waals surface area contributed by atoms with Crippen LogP contribution < -0.4 is 20.1 Å². The highest BCUT2D eigenvalue weighted by Gasteiger charge is 2.28. The predicted molar refractivity (Wildman–Crippen MR) is 112 cm³/mol. The number of hydrogen-bond acceptors (Lipinski definition) is 5. The zero-order chi connectivity index (χ0) is 19.9. The lowest BCUT2D eigenvalue weighted by molar-refractivity contribution is -0.00834. The van der Waals surface area contributed by atoms with Crippen LogP contribution in [0.4, 0.5) is 0 Å². The molecule has 0 aliphatic carbocycles. The summed E-state index contributed by atoms with van der Waals surface area (Å²) in [4.78, 5) is 6.78. The molecule has 0 saturated carbocycles. The summed E-state index contributed by atoms with van der Waals surface area (Å²) in [5, 5.41) is 6.79. The van der Waals surface area contributed by atoms with Crippen LogP contribution in [0, 0.1) is 0 Å². The maximum atomic E-state index is 5.45. The Hall–Kier alpha value is -1.51. The third-order valence-electron chi connectivity index (χ3n) is 4.78. The standard InChI is InChI=1S/C19H31BrN4O3/c1-19(2,24-6-8-27-9-7-24)13-23-18(21-3)22-12-14-10-16(25-4)17(26-5)11-15(14)20/h10-11H,6-9,12-13H2,1-5H3,(H2,21,22,23). The Labute approximate surface area is 170 Å². The van der Waals surface area contributed by atoms with E-state index in [0.29, 0.717) is 18.0 Å². The molecule has 1 heterocycles. The third kappa shape index (κ3) is 5.99. The molecule has 1 aliphatic rings. The van der Waals surface area contributed by atoms with E-state index in [1.165, 1.54) is 0 Å². The average Bonchev–Trinajstić information content (AvgIpc) is 2.69. The Kier molecular flexibility index (Phi) is 8.19. The molecular weight excluding hydrogens is 412 g/mol. The summed E-state index contributed by atoms with van der Waals surface area (Å²) in [5.74, 6) is 2.16. The van der Waals surface area contributed by atoms with Crippen molar-refractivity contribution in [3.05, 3.63) is 22.2 Å². The van der Waals surface area contributed by atoms with Crippen molar-refractivity contribution >= 4 is 21.9 Å². The van der Waals surface area contributed by atoms with Gasteiger partial charge >= 0.3 is 0 Å². The van der Waals surface area contributed by atoms with Gasteiger partial charge in [-0.2, -0.15) is 0 Å². The summed E-state index contributed by atoms with van der Waals surface area (Å²) in [6.45, 7) is 9.39. The fraction of sp³-hybridized carbons (Fsp3) is 0.632. The second-order valence-corrected chi connectivity index (χ2v) is 7.84. The van der Waals surface area contributed by atoms with Gasteiger partial charge in [0.25, 0.3) is 0 Å². The van der Waals surface area contributed by atoms with E-state index in [1.807, 2.05) is 12.1 Å². The Bertz CT molecular complexity index is 646. The smallest absolute Gasteiger partial charge is 0.191 e. The summed E-state index contributed by atoms with van der Waals surface area (Å²) >= 11 is 3.59. The topological polar surface area (TPSA) is 67.4 Å². The van der Waals surface area contributed by atoms with Crippen LogP contribution in [0.1, 0.15) is 19.4 Å². The number of aliphatic imine (C=N–C) groups is 1. The molecule has 1 aromatic carbocycles. The summed E-state index contributed by atoms with van der Waals surface area (Å²) in [6.07, 6.45) is 0. The van der Waals surface area contributed by atoms with Gasteiger partial charge in [-0.15, -0.1) is 0 Å². The molecule has 2 N–H and O–H groups in total. The molecule has 2 rings (SSSR count). The summed E-state index contributed by atoms with van der Waals surface area (Å²) in [6, 6.07) is 3.87. The van der Waals surface area contributed by atoms with E-state index in [2.05, 4.69) is 50.3 Å². The van der Waals surface area contributed by atoms with E-state index in [-0.39, 0.29) is 5.54 Å². The zero-order valence-corrected chi connectivity index (χ0v) is 18.5. The number of benzene rings is 1. The Morgan fingerprint density at radius 1 is 1.19 bits per heavy atom. The van der Waals surface area contributed by atoms with Gasteiger partial charge in [-0.3, -0.25) is 9.89 Å². The number of nitrogens with zero attached hydrogens (tertiary/aromatic N) is 2. The second-order valence-electron chi connectivity index (χ2n) is 6.99. The number of morpholine rings is 1. The number of guanidine groups is 1. The van der Waals surface area contributed by atoms with Gasteiger partial charge in [0.05, 0.1) is 27.4 Å². The highest BCUT2D eigenvalue weighted by atomic mass is 79.9. The minimum Gasteiger partial charge on any atom is -0.493 e. The van der Waals surface area contributed by atoms with Crippen molar-refractivity contribution in [2.24, 2.45) is 4.99 Å². The second kappa shape index (κ2) is 10.1. The first-order valence-corrected chi connectivity index (χ1v) is 9.88. The first-order valence-electron chi connectivity index (χ1n) is 9.09. The van der Waals surface area contributed by atoms with Crippen molar-refractivity contribution in [1.29, 1.82) is 0 Å². The van der Waals surface area contributed by atoms with Crippen molar-refractivity contribution in [3.63, 3.8) is 0 Å². The first-order chi connectivity index (χ1) is 12.9. The van der Waals surface area contributed by atoms with Gasteiger partial charge in [-0.05, 0) is 31.5 Å². The molecule has 0 radical (unpaired) electrons. The molecule has 0 bridgehead atoms. The molecule has 1 aliphatic heterocycles. The molecular formula is C19H31BrN4O3. The van der Waals surface area contributed by atoms with E-state index >= 15 is 0 Å². The summed E-state index contributed by atoms with van der Waals surface area (Å²) in [5.41, 5.74) is 1.08. The number of halogens is 1. The fourth-order valence-electron chi connectivity index (χ4n) is 3.01. The number of methoxy groups -OCH3 is 2. The van der Waals surface area contributed by atoms with Gasteiger partial charge in [0.2, 0.25) is 0 Å². The van der Waals surface area contributed by atoms with E-state index in [9.17, 15) is 0 Å². The van der Waals surface area contributed by atoms with Gasteiger partial charge in [-0.1, -0.05) is 15.9 Å². The quantitative estimate of drug-likeness (QED) is 0.498. The van der Waals surface area contributed by atoms with Crippen LogP contribution in [0.15, 0.2) is 21.6 Å². The molecule has 0 aromatic heterocycles. The molecule has 0 atom stereocenters. The van der Waals surface area contributed by atoms with Crippen LogP contribution in [0.2, 0.25) is 0 Å². The van der Waals surface area contributed by atoms with Crippen LogP contribution >= 0.6 is 15.9 Å². The average molecular weight is 443 g/mol. The predicted octanol–water partition coefficient (Wildman–Crippen LogP) is 2.24. The number of nitrogens with one attached hydrogen (secondary N) is 2. The van der Waals surface area contributed by atoms with Crippen molar-refractivity contribution in [1.82, 2.24) is 15.5 Å². The normalized spacial score (nSPS) is 16.1. The Morgan fingerprint density at radius 2 is 1.81 bits per heavy atom. The molecule has 8 heteroatoms. The number of ether oxygens (including phenoxy) is 3. The molecule has 7 nitrogen and oxygen atoms in total. The van der Waals surface area contributed by atoms with Crippen LogP contribution in [0.5, 0.6) is 11.5 Å². The summed E-state index contributed by atoms with van der Waals surface area (Å²) in [7, 11) is 5.04. The van der Waals surface area contributed by atoms with Crippen LogP contribution in [0.3, 0.4) is 0 Å². The summed E-state index contributed by atoms with van der Waals surface area (Å²) < 4.78 is 17.1. The maximum absolute atomic E-state index is 5.45. The highest BCUT2D eigenvalue weighted by molar-refractivity contribution is 9.10. The molecule has 0 unspecified atom stereocenters. The lowest BCUT2D eigenvalue weighted by Gasteiger charge is -2.41. The van der Waals surface area contributed by atoms with E-state index in [0.717, 1.165) is 48.8 Å². The molecule has 1 aromatic rings. The SMILES string of the molecule is CN=C(NCc1cc(OC)c(OC)cc1Br)NCC(C)(C)N1CCOCC1. The van der Waals surface area contributed by atoms with Gasteiger partial charge in [-0.25, -0.2) is 0 Å². The van der Waals surface area contributed by atoms with Gasteiger partial charge in [0, 0.05) is 43.2 Å². The Morgan fingerprint density at radius 3 is 2.41 bits per heavy atom. The van der Waals surface area contributed by atoms with Crippen molar-refractivity contribution < 1.29 is 14.2 Å². The van der Waals surface area contributed by atoms with Crippen molar-refractivity contribution in [2.45, 2.75) is 25.9 Å². The van der Waals surface area contributed by atoms with Crippen LogP contribution in [-0.4, -0.2) is 70.5 Å². The molecule has 1 fully saturated rings.